The first-order valence-electron chi connectivity index (χ1n) is 7.09. The first-order valence-corrected chi connectivity index (χ1v) is 7.09. The van der Waals surface area contributed by atoms with E-state index in [1.807, 2.05) is 61.5 Å². The van der Waals surface area contributed by atoms with Crippen LogP contribution in [0.4, 0.5) is 5.69 Å². The van der Waals surface area contributed by atoms with Crippen LogP contribution in [0.2, 0.25) is 0 Å². The molecule has 0 unspecified atom stereocenters. The number of anilines is 1. The number of ether oxygens (including phenoxy) is 1. The second kappa shape index (κ2) is 5.58. The van der Waals surface area contributed by atoms with Crippen LogP contribution in [0, 0.1) is 0 Å². The Hall–Kier alpha value is -2.33. The number of carbonyl (C=O) groups is 1. The van der Waals surface area contributed by atoms with Gasteiger partial charge in [-0.3, -0.25) is 4.79 Å². The van der Waals surface area contributed by atoms with Crippen LogP contribution < -0.4 is 15.4 Å². The molecular weight excluding hydrogens is 264 g/mol. The molecule has 0 aromatic heterocycles. The molecular formula is C17H18N2O2. The Morgan fingerprint density at radius 1 is 1.10 bits per heavy atom. The number of carbonyl (C=O) groups excluding carboxylic acids is 1. The molecule has 4 heteroatoms. The Morgan fingerprint density at radius 3 is 2.38 bits per heavy atom. The third kappa shape index (κ3) is 2.38. The summed E-state index contributed by atoms with van der Waals surface area (Å²) in [4.78, 5) is 13.9. The minimum atomic E-state index is -0.473. The van der Waals surface area contributed by atoms with Crippen molar-refractivity contribution in [3.05, 3.63) is 60.2 Å². The SMILES string of the molecule is CCOc1ccc(N2C(=O)[C@H](N)[C@H]2c2ccccc2)cc1. The lowest BCUT2D eigenvalue weighted by atomic mass is 9.88. The van der Waals surface area contributed by atoms with Crippen LogP contribution >= 0.6 is 0 Å². The van der Waals surface area contributed by atoms with Crippen molar-refractivity contribution in [2.24, 2.45) is 5.73 Å². The number of hydrogen-bond donors (Lipinski definition) is 1. The van der Waals surface area contributed by atoms with Crippen LogP contribution in [0.1, 0.15) is 18.5 Å². The third-order valence-corrected chi connectivity index (χ3v) is 3.71. The van der Waals surface area contributed by atoms with Crippen LogP contribution in [-0.2, 0) is 4.79 Å². The quantitative estimate of drug-likeness (QED) is 0.877. The standard InChI is InChI=1S/C17H18N2O2/c1-2-21-14-10-8-13(9-11-14)19-16(15(18)17(19)20)12-6-4-3-5-7-12/h3-11,15-16H,2,18H2,1H3/t15-,16-/m1/s1. The van der Waals surface area contributed by atoms with Crippen molar-refractivity contribution in [3.63, 3.8) is 0 Å². The molecule has 0 spiro atoms. The van der Waals surface area contributed by atoms with Crippen LogP contribution in [0.25, 0.3) is 0 Å². The van der Waals surface area contributed by atoms with Gasteiger partial charge in [0.25, 0.3) is 0 Å². The summed E-state index contributed by atoms with van der Waals surface area (Å²) < 4.78 is 5.42. The van der Waals surface area contributed by atoms with Crippen molar-refractivity contribution in [1.82, 2.24) is 0 Å². The number of hydrogen-bond acceptors (Lipinski definition) is 3. The van der Waals surface area contributed by atoms with Crippen molar-refractivity contribution in [2.75, 3.05) is 11.5 Å². The molecule has 1 saturated heterocycles. The highest BCUT2D eigenvalue weighted by Gasteiger charge is 2.46. The van der Waals surface area contributed by atoms with E-state index in [-0.39, 0.29) is 11.9 Å². The fourth-order valence-electron chi connectivity index (χ4n) is 2.68. The maximum absolute atomic E-state index is 12.1. The minimum Gasteiger partial charge on any atom is -0.494 e. The summed E-state index contributed by atoms with van der Waals surface area (Å²) in [5.74, 6) is 0.753. The van der Waals surface area contributed by atoms with E-state index in [0.29, 0.717) is 6.61 Å². The van der Waals surface area contributed by atoms with E-state index < -0.39 is 6.04 Å². The van der Waals surface area contributed by atoms with Gasteiger partial charge in [-0.25, -0.2) is 0 Å². The minimum absolute atomic E-state index is 0.0481. The molecule has 2 aromatic rings. The van der Waals surface area contributed by atoms with Gasteiger partial charge in [0.2, 0.25) is 5.91 Å². The maximum atomic E-state index is 12.1. The summed E-state index contributed by atoms with van der Waals surface area (Å²) in [5, 5.41) is 0. The smallest absolute Gasteiger partial charge is 0.247 e. The Labute approximate surface area is 124 Å². The molecule has 1 aliphatic rings. The first kappa shape index (κ1) is 13.6. The lowest BCUT2D eigenvalue weighted by Gasteiger charge is -2.45. The zero-order chi connectivity index (χ0) is 14.8. The summed E-state index contributed by atoms with van der Waals surface area (Å²) in [5.41, 5.74) is 7.89. The van der Waals surface area contributed by atoms with Crippen molar-refractivity contribution in [3.8, 4) is 5.75 Å². The summed E-state index contributed by atoms with van der Waals surface area (Å²) in [6, 6.07) is 16.8. The topological polar surface area (TPSA) is 55.6 Å². The Kier molecular flexibility index (Phi) is 3.62. The molecule has 2 aromatic carbocycles. The molecule has 2 N–H and O–H groups in total. The second-order valence-corrected chi connectivity index (χ2v) is 5.02. The predicted molar refractivity (Wildman–Crippen MR) is 82.3 cm³/mol. The normalized spacial score (nSPS) is 21.0. The van der Waals surface area contributed by atoms with Gasteiger partial charge in [0.15, 0.2) is 0 Å². The monoisotopic (exact) mass is 282 g/mol. The summed E-state index contributed by atoms with van der Waals surface area (Å²) in [6.45, 7) is 2.57. The fourth-order valence-corrected chi connectivity index (χ4v) is 2.68. The predicted octanol–water partition coefficient (Wildman–Crippen LogP) is 2.50. The van der Waals surface area contributed by atoms with Gasteiger partial charge in [-0.1, -0.05) is 30.3 Å². The summed E-state index contributed by atoms with van der Waals surface area (Å²) in [7, 11) is 0. The van der Waals surface area contributed by atoms with Crippen molar-refractivity contribution in [1.29, 1.82) is 0 Å². The van der Waals surface area contributed by atoms with Crippen LogP contribution in [0.15, 0.2) is 54.6 Å². The average molecular weight is 282 g/mol. The molecule has 0 saturated carbocycles. The molecule has 0 bridgehead atoms. The Morgan fingerprint density at radius 2 is 1.76 bits per heavy atom. The fraction of sp³-hybridized carbons (Fsp3) is 0.235. The van der Waals surface area contributed by atoms with Gasteiger partial charge in [0, 0.05) is 5.69 Å². The van der Waals surface area contributed by atoms with Crippen LogP contribution in [0.5, 0.6) is 5.75 Å². The molecule has 3 rings (SSSR count). The van der Waals surface area contributed by atoms with Crippen molar-refractivity contribution in [2.45, 2.75) is 19.0 Å². The van der Waals surface area contributed by atoms with Crippen LogP contribution in [-0.4, -0.2) is 18.6 Å². The number of amides is 1. The van der Waals surface area contributed by atoms with E-state index in [1.54, 1.807) is 4.90 Å². The zero-order valence-corrected chi connectivity index (χ0v) is 11.9. The van der Waals surface area contributed by atoms with Gasteiger partial charge < -0.3 is 15.4 Å². The molecule has 1 fully saturated rings. The van der Waals surface area contributed by atoms with Gasteiger partial charge in [0.05, 0.1) is 12.6 Å². The van der Waals surface area contributed by atoms with E-state index in [1.165, 1.54) is 0 Å². The van der Waals surface area contributed by atoms with E-state index in [9.17, 15) is 4.79 Å². The number of β-lactam (4-membered cyclic amide) rings is 1. The molecule has 108 valence electrons. The second-order valence-electron chi connectivity index (χ2n) is 5.02. The molecule has 1 amide bonds. The molecule has 0 radical (unpaired) electrons. The lowest BCUT2D eigenvalue weighted by Crippen LogP contribution is -2.63. The van der Waals surface area contributed by atoms with Gasteiger partial charge in [-0.15, -0.1) is 0 Å². The molecule has 4 nitrogen and oxygen atoms in total. The van der Waals surface area contributed by atoms with E-state index in [2.05, 4.69) is 0 Å². The lowest BCUT2D eigenvalue weighted by molar-refractivity contribution is -0.126. The number of nitrogens with zero attached hydrogens (tertiary/aromatic N) is 1. The van der Waals surface area contributed by atoms with Gasteiger partial charge in [-0.05, 0) is 36.8 Å². The number of nitrogens with two attached hydrogens (primary N) is 1. The Balaban J connectivity index is 1.87. The molecule has 0 aliphatic carbocycles. The molecule has 1 heterocycles. The van der Waals surface area contributed by atoms with Gasteiger partial charge in [0.1, 0.15) is 11.8 Å². The largest absolute Gasteiger partial charge is 0.494 e. The maximum Gasteiger partial charge on any atom is 0.247 e. The zero-order valence-electron chi connectivity index (χ0n) is 11.9. The highest BCUT2D eigenvalue weighted by atomic mass is 16.5. The van der Waals surface area contributed by atoms with E-state index in [4.69, 9.17) is 10.5 Å². The summed E-state index contributed by atoms with van der Waals surface area (Å²) >= 11 is 0. The number of rotatable bonds is 4. The molecule has 2 atom stereocenters. The van der Waals surface area contributed by atoms with Crippen molar-refractivity contribution < 1.29 is 9.53 Å². The average Bonchev–Trinajstić information content (AvgIpc) is 2.54. The van der Waals surface area contributed by atoms with E-state index in [0.717, 1.165) is 17.0 Å². The highest BCUT2D eigenvalue weighted by molar-refractivity contribution is 6.05. The van der Waals surface area contributed by atoms with Crippen molar-refractivity contribution >= 4 is 11.6 Å². The highest BCUT2D eigenvalue weighted by Crippen LogP contribution is 2.38. The molecule has 1 aliphatic heterocycles. The summed E-state index contributed by atoms with van der Waals surface area (Å²) in [6.07, 6.45) is 0. The third-order valence-electron chi connectivity index (χ3n) is 3.71. The molecule has 21 heavy (non-hydrogen) atoms. The van der Waals surface area contributed by atoms with Gasteiger partial charge >= 0.3 is 0 Å². The Bertz CT molecular complexity index is 625. The van der Waals surface area contributed by atoms with E-state index >= 15 is 0 Å². The van der Waals surface area contributed by atoms with Gasteiger partial charge in [-0.2, -0.15) is 0 Å². The number of benzene rings is 2. The van der Waals surface area contributed by atoms with Crippen LogP contribution in [0.3, 0.4) is 0 Å². The first-order chi connectivity index (χ1) is 10.2.